The highest BCUT2D eigenvalue weighted by atomic mass is 35.5. The summed E-state index contributed by atoms with van der Waals surface area (Å²) >= 11 is 17.8. The fourth-order valence-electron chi connectivity index (χ4n) is 2.14. The summed E-state index contributed by atoms with van der Waals surface area (Å²) in [5, 5.41) is 18.3. The normalized spacial score (nSPS) is 10.6. The third-order valence-corrected chi connectivity index (χ3v) is 4.42. The first-order chi connectivity index (χ1) is 12.3. The SMILES string of the molecule is O=C(Nc1cc(Cl)c(Cl)cc1Cl)c1ccn(-c2cccc([N+](=O)[O-])c2)n1. The molecule has 3 aromatic rings. The van der Waals surface area contributed by atoms with Crippen LogP contribution < -0.4 is 5.32 Å². The van der Waals surface area contributed by atoms with Crippen LogP contribution in [-0.4, -0.2) is 20.6 Å². The van der Waals surface area contributed by atoms with Gasteiger partial charge in [0, 0.05) is 18.3 Å². The summed E-state index contributed by atoms with van der Waals surface area (Å²) in [6, 6.07) is 10.2. The lowest BCUT2D eigenvalue weighted by Gasteiger charge is -2.07. The maximum Gasteiger partial charge on any atom is 0.276 e. The highest BCUT2D eigenvalue weighted by molar-refractivity contribution is 6.44. The Morgan fingerprint density at radius 1 is 1.08 bits per heavy atom. The molecule has 1 N–H and O–H groups in total. The fraction of sp³-hybridized carbons (Fsp3) is 0. The molecule has 0 radical (unpaired) electrons. The van der Waals surface area contributed by atoms with Gasteiger partial charge >= 0.3 is 0 Å². The minimum absolute atomic E-state index is 0.0772. The third kappa shape index (κ3) is 3.80. The zero-order valence-electron chi connectivity index (χ0n) is 12.8. The summed E-state index contributed by atoms with van der Waals surface area (Å²) < 4.78 is 1.36. The Hall–Kier alpha value is -2.61. The maximum absolute atomic E-state index is 12.4. The Kier molecular flexibility index (Phi) is 5.13. The minimum Gasteiger partial charge on any atom is -0.319 e. The number of nitrogens with zero attached hydrogens (tertiary/aromatic N) is 3. The van der Waals surface area contributed by atoms with E-state index in [0.29, 0.717) is 5.69 Å². The van der Waals surface area contributed by atoms with Gasteiger partial charge in [-0.3, -0.25) is 14.9 Å². The lowest BCUT2D eigenvalue weighted by atomic mass is 10.3. The van der Waals surface area contributed by atoms with Crippen LogP contribution in [0.2, 0.25) is 15.1 Å². The minimum atomic E-state index is -0.519. The summed E-state index contributed by atoms with van der Waals surface area (Å²) in [5.74, 6) is -0.519. The zero-order valence-corrected chi connectivity index (χ0v) is 15.1. The zero-order chi connectivity index (χ0) is 18.8. The second-order valence-corrected chi connectivity index (χ2v) is 6.34. The van der Waals surface area contributed by atoms with Crippen molar-refractivity contribution in [1.82, 2.24) is 9.78 Å². The highest BCUT2D eigenvalue weighted by Gasteiger charge is 2.15. The number of non-ortho nitro benzene ring substituents is 1. The molecule has 1 amide bonds. The summed E-state index contributed by atoms with van der Waals surface area (Å²) in [6.07, 6.45) is 1.52. The number of hydrogen-bond donors (Lipinski definition) is 1. The van der Waals surface area contributed by atoms with E-state index in [0.717, 1.165) is 0 Å². The number of rotatable bonds is 4. The maximum atomic E-state index is 12.4. The molecule has 0 saturated carbocycles. The highest BCUT2D eigenvalue weighted by Crippen LogP contribution is 2.32. The molecule has 3 rings (SSSR count). The van der Waals surface area contributed by atoms with Gasteiger partial charge in [0.1, 0.15) is 0 Å². The van der Waals surface area contributed by atoms with E-state index in [9.17, 15) is 14.9 Å². The molecule has 0 unspecified atom stereocenters. The first-order valence-corrected chi connectivity index (χ1v) is 8.25. The Labute approximate surface area is 162 Å². The number of carbonyl (C=O) groups excluding carboxylic acids is 1. The van der Waals surface area contributed by atoms with E-state index in [2.05, 4.69) is 10.4 Å². The van der Waals surface area contributed by atoms with Crippen molar-refractivity contribution in [3.8, 4) is 5.69 Å². The van der Waals surface area contributed by atoms with Gasteiger partial charge in [-0.15, -0.1) is 0 Å². The molecule has 0 saturated heterocycles. The summed E-state index contributed by atoms with van der Waals surface area (Å²) in [4.78, 5) is 22.7. The fourth-order valence-corrected chi connectivity index (χ4v) is 2.74. The van der Waals surface area contributed by atoms with Crippen LogP contribution in [0.3, 0.4) is 0 Å². The Balaban J connectivity index is 1.84. The Morgan fingerprint density at radius 2 is 1.81 bits per heavy atom. The van der Waals surface area contributed by atoms with Gasteiger partial charge in [-0.25, -0.2) is 4.68 Å². The van der Waals surface area contributed by atoms with Gasteiger partial charge in [-0.2, -0.15) is 5.10 Å². The van der Waals surface area contributed by atoms with Gasteiger partial charge in [0.05, 0.1) is 31.4 Å². The van der Waals surface area contributed by atoms with Crippen molar-refractivity contribution in [2.75, 3.05) is 5.32 Å². The van der Waals surface area contributed by atoms with Crippen molar-refractivity contribution < 1.29 is 9.72 Å². The van der Waals surface area contributed by atoms with Crippen molar-refractivity contribution in [2.45, 2.75) is 0 Å². The molecule has 0 bridgehead atoms. The van der Waals surface area contributed by atoms with Crippen LogP contribution in [0.4, 0.5) is 11.4 Å². The first-order valence-electron chi connectivity index (χ1n) is 7.11. The number of halogens is 3. The number of nitro groups is 1. The number of hydrogen-bond acceptors (Lipinski definition) is 4. The number of amides is 1. The van der Waals surface area contributed by atoms with Gasteiger partial charge in [-0.05, 0) is 24.3 Å². The largest absolute Gasteiger partial charge is 0.319 e. The van der Waals surface area contributed by atoms with Crippen molar-refractivity contribution in [1.29, 1.82) is 0 Å². The molecule has 1 aromatic heterocycles. The van der Waals surface area contributed by atoms with E-state index >= 15 is 0 Å². The lowest BCUT2D eigenvalue weighted by Crippen LogP contribution is -2.13. The van der Waals surface area contributed by atoms with Crippen molar-refractivity contribution in [3.63, 3.8) is 0 Å². The Morgan fingerprint density at radius 3 is 2.54 bits per heavy atom. The van der Waals surface area contributed by atoms with E-state index in [-0.39, 0.29) is 32.1 Å². The van der Waals surface area contributed by atoms with E-state index < -0.39 is 10.8 Å². The quantitative estimate of drug-likeness (QED) is 0.372. The first kappa shape index (κ1) is 18.2. The van der Waals surface area contributed by atoms with Gasteiger partial charge in [-0.1, -0.05) is 40.9 Å². The van der Waals surface area contributed by atoms with E-state index in [1.54, 1.807) is 6.07 Å². The molecular weight excluding hydrogens is 403 g/mol. The van der Waals surface area contributed by atoms with Crippen molar-refractivity contribution >= 4 is 52.1 Å². The summed E-state index contributed by atoms with van der Waals surface area (Å²) in [5.41, 5.74) is 0.757. The van der Waals surface area contributed by atoms with Crippen molar-refractivity contribution in [2.24, 2.45) is 0 Å². The molecular formula is C16H9Cl3N4O3. The van der Waals surface area contributed by atoms with Gasteiger partial charge in [0.25, 0.3) is 11.6 Å². The topological polar surface area (TPSA) is 90.1 Å². The number of benzene rings is 2. The average molecular weight is 412 g/mol. The van der Waals surface area contributed by atoms with Crippen LogP contribution in [0.25, 0.3) is 5.69 Å². The van der Waals surface area contributed by atoms with Crippen LogP contribution in [0.15, 0.2) is 48.7 Å². The molecule has 7 nitrogen and oxygen atoms in total. The number of aromatic nitrogens is 2. The summed E-state index contributed by atoms with van der Waals surface area (Å²) in [7, 11) is 0. The molecule has 0 aliphatic carbocycles. The standard InChI is InChI=1S/C16H9Cl3N4O3/c17-11-7-13(19)15(8-12(11)18)20-16(24)14-4-5-22(21-14)9-2-1-3-10(6-9)23(25)26/h1-8H,(H,20,24). The van der Waals surface area contributed by atoms with Gasteiger partial charge in [0.15, 0.2) is 5.69 Å². The van der Waals surface area contributed by atoms with Crippen LogP contribution in [0.1, 0.15) is 10.5 Å². The molecule has 0 atom stereocenters. The molecule has 1 heterocycles. The predicted molar refractivity (Wildman–Crippen MR) is 99.6 cm³/mol. The molecule has 10 heteroatoms. The molecule has 0 aliphatic rings. The molecule has 0 spiro atoms. The average Bonchev–Trinajstić information content (AvgIpc) is 3.10. The number of nitro benzene ring substituents is 1. The monoisotopic (exact) mass is 410 g/mol. The molecule has 0 fully saturated rings. The van der Waals surface area contributed by atoms with Crippen LogP contribution in [0, 0.1) is 10.1 Å². The summed E-state index contributed by atoms with van der Waals surface area (Å²) in [6.45, 7) is 0. The number of carbonyl (C=O) groups is 1. The Bertz CT molecular complexity index is 1020. The number of anilines is 1. The lowest BCUT2D eigenvalue weighted by molar-refractivity contribution is -0.384. The van der Waals surface area contributed by atoms with Crippen LogP contribution in [0.5, 0.6) is 0 Å². The van der Waals surface area contributed by atoms with Crippen LogP contribution in [-0.2, 0) is 0 Å². The molecule has 26 heavy (non-hydrogen) atoms. The van der Waals surface area contributed by atoms with Crippen LogP contribution >= 0.6 is 34.8 Å². The predicted octanol–water partition coefficient (Wildman–Crippen LogP) is 4.99. The number of nitrogens with one attached hydrogen (secondary N) is 1. The molecule has 2 aromatic carbocycles. The van der Waals surface area contributed by atoms with E-state index in [1.807, 2.05) is 0 Å². The third-order valence-electron chi connectivity index (χ3n) is 3.38. The van der Waals surface area contributed by atoms with Gasteiger partial charge in [0.2, 0.25) is 0 Å². The molecule has 0 aliphatic heterocycles. The van der Waals surface area contributed by atoms with E-state index in [4.69, 9.17) is 34.8 Å². The van der Waals surface area contributed by atoms with Gasteiger partial charge < -0.3 is 5.32 Å². The van der Waals surface area contributed by atoms with E-state index in [1.165, 1.54) is 47.3 Å². The second-order valence-electron chi connectivity index (χ2n) is 5.12. The second kappa shape index (κ2) is 7.33. The van der Waals surface area contributed by atoms with Crippen molar-refractivity contribution in [3.05, 3.63) is 79.5 Å². The molecule has 132 valence electrons. The smallest absolute Gasteiger partial charge is 0.276 e.